The fraction of sp³-hybridized carbons (Fsp3) is 0.760. The van der Waals surface area contributed by atoms with Gasteiger partial charge in [-0.25, -0.2) is 0 Å². The lowest BCUT2D eigenvalue weighted by Crippen LogP contribution is -2.32. The van der Waals surface area contributed by atoms with Crippen LogP contribution in [0.4, 0.5) is 0 Å². The second kappa shape index (κ2) is 97.2. The molecule has 0 aromatic carbocycles. The number of hydrogen-bond donors (Lipinski definition) is 1. The Balaban J connectivity index is 0. The van der Waals surface area contributed by atoms with Gasteiger partial charge in [-0.15, -0.1) is 491 Å². The van der Waals surface area contributed by atoms with Gasteiger partial charge in [0.15, 0.2) is 0 Å². The SMILES string of the molecule is CCC(C)(C)C(=O)O.CCC(C)(C)C(=O)OCCCCCCN1C(=O)C(C)=C(C)C1=O.PP(P)P(P)P(P(P(P)P)P(P)P)P(P(P(P(P)P)P(P)P)P(P(P)P)P(P)P)C(P(P(P(P)P)P(P)P)P(P(P)P)P(P)P)(P(P(P(P(P)P)P(P)P)P(P(P)P)P(P)P)P(P(P(P)P)P(P)P)P(P(P)P)P(P)P)P(P(P(P(P)P)P(P)P)P(P(P)P)P(P)P)P(P(P(P)P)P(P)P)P(P(P)P)P(P)P. The van der Waals surface area contributed by atoms with Crippen molar-refractivity contribution in [3.63, 3.8) is 0 Å². The number of ether oxygens (including phenoxy) is 1. The minimum atomic E-state index is -0.862. The lowest BCUT2D eigenvalue weighted by Gasteiger charge is -2.72. The predicted molar refractivity (Wildman–Crippen MR) is 1010 cm³/mol. The standard InChI is InChI=1S/C18H29NO4.C6H12O2.CH110P106/c1-6-18(4,5)17(22)23-12-10-8-7-9-11-19-15(20)13(2)14(3)16(19)21;1-4-6(2,3)5(7)8;2-61(3)88(56)91(97(66(12)13)67(14)15)58(92(98(68(16)17)69(18)19)99(70(20)21)71(22)23)1(57(89(62(4)5)63(6)7)90(64(8)9)65(10)11,59(93(100(72(24)25)73(26)27)101(74(28)29)75(30)31)94(102(76(32)33)77(34)35)103(78(36)37)79(38)39)60(95(104(80(40)41)81(42)43)105(82(44)45)83(46)47)96(106(84(48)49)85(50)51)107(86(52)53)87(54)55/h6-12H2,1-5H3;4H2,1-3H3,(H,7,8);2-56H2. The van der Waals surface area contributed by atoms with E-state index >= 15 is 0 Å². The average molecular weight is 3850 g/mol. The van der Waals surface area contributed by atoms with E-state index in [1.165, 1.54) is 4.90 Å². The molecule has 2 amide bonds. The number of aliphatic carboxylic acids is 1. The van der Waals surface area contributed by atoms with Crippen molar-refractivity contribution in [2.45, 2.75) is 98.3 Å². The molecule has 0 saturated carbocycles. The first-order chi connectivity index (χ1) is 62.8. The van der Waals surface area contributed by atoms with Crippen LogP contribution in [0.5, 0.6) is 0 Å². The molecule has 1 rings (SSSR count). The number of rotatable bonds is 62. The molecule has 58 unspecified atom stereocenters. The minimum Gasteiger partial charge on any atom is -0.481 e. The molecule has 1 aliphatic rings. The number of carbonyl (C=O) groups excluding carboxylic acids is 3. The summed E-state index contributed by atoms with van der Waals surface area (Å²) in [4.78, 5) is 47.1. The van der Waals surface area contributed by atoms with Crippen LogP contribution in [0.3, 0.4) is 0 Å². The van der Waals surface area contributed by atoms with Gasteiger partial charge in [0, 0.05) is 17.7 Å². The van der Waals surface area contributed by atoms with E-state index in [1.807, 2.05) is 27.7 Å². The number of unbranched alkanes of at least 4 members (excludes halogenated alkanes) is 3. The van der Waals surface area contributed by atoms with Gasteiger partial charge in [-0.1, -0.05) is 20.3 Å². The normalized spacial score (nSPS) is 15.4. The van der Waals surface area contributed by atoms with E-state index in [1.54, 1.807) is 27.7 Å². The van der Waals surface area contributed by atoms with Crippen LogP contribution in [0.15, 0.2) is 11.1 Å². The van der Waals surface area contributed by atoms with Crippen LogP contribution >= 0.6 is 849 Å². The van der Waals surface area contributed by atoms with Crippen LogP contribution in [-0.4, -0.2) is 51.3 Å². The van der Waals surface area contributed by atoms with Gasteiger partial charge in [-0.3, -0.25) is 24.1 Å². The number of hydrogen-bond acceptors (Lipinski definition) is 5. The molecule has 0 fully saturated rings. The Kier molecular flexibility index (Phi) is 129. The Morgan fingerprint density at radius 3 is 0.572 bits per heavy atom. The molecule has 0 aromatic rings. The summed E-state index contributed by atoms with van der Waals surface area (Å²) in [6.07, 6.45) is 4.86. The first kappa shape index (κ1) is 183. The van der Waals surface area contributed by atoms with Crippen LogP contribution in [0, 0.1) is 10.8 Å². The van der Waals surface area contributed by atoms with Gasteiger partial charge in [0.25, 0.3) is 11.8 Å². The van der Waals surface area contributed by atoms with E-state index in [0.29, 0.717) is 30.7 Å². The molecule has 0 aromatic heterocycles. The number of carbonyl (C=O) groups is 4. The summed E-state index contributed by atoms with van der Waals surface area (Å²) in [7, 11) is 211. The van der Waals surface area contributed by atoms with Crippen LogP contribution < -0.4 is 0 Å². The first-order valence-electron chi connectivity index (χ1n) is 35.7. The maximum absolute atomic E-state index is 11.9. The third-order valence-corrected chi connectivity index (χ3v) is 718. The quantitative estimate of drug-likeness (QED) is 0.0282. The maximum atomic E-state index is 11.9. The Morgan fingerprint density at radius 1 is 0.246 bits per heavy atom. The fourth-order valence-corrected chi connectivity index (χ4v) is 1400. The average Bonchev–Trinajstić information content (AvgIpc) is 0.724. The highest BCUT2D eigenvalue weighted by Gasteiger charge is 2.77. The van der Waals surface area contributed by atoms with E-state index in [4.69, 9.17) is 9.84 Å². The topological polar surface area (TPSA) is 101 Å². The maximum Gasteiger partial charge on any atom is 0.311 e. The van der Waals surface area contributed by atoms with Crippen molar-refractivity contribution < 1.29 is 29.0 Å². The second-order valence-corrected chi connectivity index (χ2v) is 455. The molecular weight excluding hydrogens is 3690 g/mol. The molecule has 1 heterocycles. The van der Waals surface area contributed by atoms with E-state index in [0.717, 1.165) is 32.1 Å². The largest absolute Gasteiger partial charge is 0.481 e. The Morgan fingerprint density at radius 2 is 0.413 bits per heavy atom. The zero-order valence-electron chi connectivity index (χ0n) is 75.7. The summed E-state index contributed by atoms with van der Waals surface area (Å²) in [6.45, 7) is -11.2. The third-order valence-electron chi connectivity index (χ3n) is 16.1. The van der Waals surface area contributed by atoms with Crippen molar-refractivity contribution in [2.24, 2.45) is 10.8 Å². The van der Waals surface area contributed by atoms with E-state index in [9.17, 15) is 19.2 Å². The molecule has 0 saturated heterocycles. The lowest BCUT2D eigenvalue weighted by atomic mass is 9.91. The Bertz CT molecular complexity index is 3010. The molecule has 0 radical (unpaired) electrons. The van der Waals surface area contributed by atoms with Crippen LogP contribution in [0.1, 0.15) is 93.9 Å². The molecule has 7 nitrogen and oxygen atoms in total. The number of carboxylic acid groups (broad SMARTS) is 1. The molecule has 138 heavy (non-hydrogen) atoms. The van der Waals surface area contributed by atoms with E-state index in [-0.39, 0.29) is 22.2 Å². The molecule has 822 valence electrons. The van der Waals surface area contributed by atoms with Crippen LogP contribution in [0.2, 0.25) is 0 Å². The molecule has 0 aliphatic carbocycles. The molecule has 113 heteroatoms. The molecule has 0 bridgehead atoms. The summed E-state index contributed by atoms with van der Waals surface area (Å²) in [6, 6.07) is 0. The summed E-state index contributed by atoms with van der Waals surface area (Å²) < 4.78 is 5.42. The molecule has 0 spiro atoms. The number of carboxylic acids is 1. The first-order valence-corrected chi connectivity index (χ1v) is 226. The smallest absolute Gasteiger partial charge is 0.311 e. The fourth-order valence-electron chi connectivity index (χ4n) is 9.55. The van der Waals surface area contributed by atoms with Gasteiger partial charge in [0.1, 0.15) is 0 Å². The van der Waals surface area contributed by atoms with E-state index in [2.05, 4.69) is 491 Å². The highest BCUT2D eigenvalue weighted by atomic mass is 33.5. The Labute approximate surface area is 1020 Å². The summed E-state index contributed by atoms with van der Waals surface area (Å²) >= 11 is 0. The van der Waals surface area contributed by atoms with Gasteiger partial charge < -0.3 is 9.84 Å². The second-order valence-electron chi connectivity index (χ2n) is 26.8. The molecular formula is C25H151NO6P106. The van der Waals surface area contributed by atoms with Crippen molar-refractivity contribution in [1.29, 1.82) is 0 Å². The third kappa shape index (κ3) is 62.0. The van der Waals surface area contributed by atoms with Crippen LogP contribution in [-0.2, 0) is 23.9 Å². The van der Waals surface area contributed by atoms with Gasteiger partial charge in [0.2, 0.25) is 0 Å². The van der Waals surface area contributed by atoms with Gasteiger partial charge in [-0.05, 0) is 431 Å². The van der Waals surface area contributed by atoms with Gasteiger partial charge in [-0.2, -0.15) is 0 Å². The van der Waals surface area contributed by atoms with Gasteiger partial charge >= 0.3 is 11.9 Å². The lowest BCUT2D eigenvalue weighted by molar-refractivity contribution is -0.154. The van der Waals surface area contributed by atoms with Crippen molar-refractivity contribution in [3.05, 3.63) is 11.1 Å². The zero-order valence-corrected chi connectivity index (χ0v) is 185. The summed E-state index contributed by atoms with van der Waals surface area (Å²) in [5, 5.41) is 8.44. The van der Waals surface area contributed by atoms with Crippen molar-refractivity contribution in [1.82, 2.24) is 4.90 Å². The molecule has 1 N–H and O–H groups in total. The molecule has 1 aliphatic heterocycles. The highest BCUT2D eigenvalue weighted by molar-refractivity contribution is 9.49. The number of esters is 1. The van der Waals surface area contributed by atoms with Crippen molar-refractivity contribution in [2.75, 3.05) is 13.2 Å². The summed E-state index contributed by atoms with van der Waals surface area (Å²) in [5.74, 6) is -1.20. The molecule has 58 atom stereocenters. The number of nitrogens with zero attached hydrogens (tertiary/aromatic N) is 1. The monoisotopic (exact) mass is 3850 g/mol. The van der Waals surface area contributed by atoms with Crippen LogP contribution in [0.25, 0.3) is 0 Å². The van der Waals surface area contributed by atoms with Crippen molar-refractivity contribution >= 4 is 872 Å². The minimum absolute atomic E-state index is 0.146. The van der Waals surface area contributed by atoms with Gasteiger partial charge in [0.05, 0.1) is 21.8 Å². The van der Waals surface area contributed by atoms with E-state index < -0.39 is 374 Å². The number of imide groups is 1. The van der Waals surface area contributed by atoms with Crippen molar-refractivity contribution in [3.8, 4) is 0 Å². The predicted octanol–water partition coefficient (Wildman–Crippen LogP) is 66.4. The summed E-state index contributed by atoms with van der Waals surface area (Å²) in [5.41, 5.74) is 0.153. The number of amides is 2. The Hall–Kier alpha value is 43.4. The highest BCUT2D eigenvalue weighted by Crippen LogP contribution is 3.52. The zero-order chi connectivity index (χ0) is 109.